The first-order valence-electron chi connectivity index (χ1n) is 9.63. The van der Waals surface area contributed by atoms with Crippen molar-refractivity contribution in [3.05, 3.63) is 62.0 Å². The van der Waals surface area contributed by atoms with Crippen molar-refractivity contribution in [2.75, 3.05) is 6.61 Å². The van der Waals surface area contributed by atoms with Gasteiger partial charge in [-0.25, -0.2) is 0 Å². The summed E-state index contributed by atoms with van der Waals surface area (Å²) in [6.07, 6.45) is 0.812. The van der Waals surface area contributed by atoms with Gasteiger partial charge >= 0.3 is 0 Å². The smallest absolute Gasteiger partial charge is 0.261 e. The molecule has 2 aromatic carbocycles. The predicted octanol–water partition coefficient (Wildman–Crippen LogP) is 5.58. The standard InChI is InChI=1S/C22H25Br2ClN2O3/c1-4-14(2)26-22(29)15(3)27(12-16-5-7-17(23)8-6-16)21(28)13-30-20-10-9-18(25)11-19(20)24/h5-11,14-15H,4,12-13H2,1-3H3,(H,26,29)/t14-,15+/m0/s1. The molecule has 0 aliphatic rings. The molecule has 8 heteroatoms. The summed E-state index contributed by atoms with van der Waals surface area (Å²) in [5.41, 5.74) is 0.919. The summed E-state index contributed by atoms with van der Waals surface area (Å²) >= 11 is 12.7. The number of carbonyl (C=O) groups is 2. The van der Waals surface area contributed by atoms with Gasteiger partial charge in [0.25, 0.3) is 5.91 Å². The van der Waals surface area contributed by atoms with E-state index in [9.17, 15) is 9.59 Å². The molecule has 2 amide bonds. The Morgan fingerprint density at radius 2 is 1.80 bits per heavy atom. The van der Waals surface area contributed by atoms with Gasteiger partial charge in [0.05, 0.1) is 4.47 Å². The Balaban J connectivity index is 2.16. The normalized spacial score (nSPS) is 12.7. The molecule has 0 saturated carbocycles. The molecule has 0 aromatic heterocycles. The zero-order chi connectivity index (χ0) is 22.3. The maximum atomic E-state index is 13.0. The van der Waals surface area contributed by atoms with Crippen molar-refractivity contribution in [2.24, 2.45) is 0 Å². The number of amides is 2. The zero-order valence-electron chi connectivity index (χ0n) is 17.1. The molecule has 162 valence electrons. The predicted molar refractivity (Wildman–Crippen MR) is 127 cm³/mol. The second-order valence-corrected chi connectivity index (χ2v) is 9.21. The maximum Gasteiger partial charge on any atom is 0.261 e. The minimum absolute atomic E-state index is 0.0332. The molecule has 2 atom stereocenters. The Morgan fingerprint density at radius 3 is 2.40 bits per heavy atom. The van der Waals surface area contributed by atoms with Crippen molar-refractivity contribution in [3.63, 3.8) is 0 Å². The highest BCUT2D eigenvalue weighted by molar-refractivity contribution is 9.10. The lowest BCUT2D eigenvalue weighted by Gasteiger charge is -2.29. The summed E-state index contributed by atoms with van der Waals surface area (Å²) < 4.78 is 7.29. The number of nitrogens with zero attached hydrogens (tertiary/aromatic N) is 1. The third-order valence-corrected chi connectivity index (χ3v) is 6.06. The SMILES string of the molecule is CC[C@H](C)NC(=O)[C@@H](C)N(Cc1ccc(Br)cc1)C(=O)COc1ccc(Cl)cc1Br. The third-order valence-electron chi connectivity index (χ3n) is 4.68. The molecular formula is C22H25Br2ClN2O3. The summed E-state index contributed by atoms with van der Waals surface area (Å²) in [7, 11) is 0. The van der Waals surface area contributed by atoms with Crippen LogP contribution in [0.4, 0.5) is 0 Å². The lowest BCUT2D eigenvalue weighted by Crippen LogP contribution is -2.50. The van der Waals surface area contributed by atoms with Gasteiger partial charge in [0, 0.05) is 22.1 Å². The van der Waals surface area contributed by atoms with E-state index in [2.05, 4.69) is 37.2 Å². The van der Waals surface area contributed by atoms with Gasteiger partial charge in [0.1, 0.15) is 11.8 Å². The van der Waals surface area contributed by atoms with Crippen molar-refractivity contribution in [1.82, 2.24) is 10.2 Å². The highest BCUT2D eigenvalue weighted by Gasteiger charge is 2.27. The van der Waals surface area contributed by atoms with Crippen LogP contribution in [0.2, 0.25) is 5.02 Å². The summed E-state index contributed by atoms with van der Waals surface area (Å²) in [5.74, 6) is 0.0297. The average molecular weight is 561 g/mol. The molecule has 1 N–H and O–H groups in total. The van der Waals surface area contributed by atoms with Gasteiger partial charge in [-0.15, -0.1) is 0 Å². The van der Waals surface area contributed by atoms with Gasteiger partial charge in [0.2, 0.25) is 5.91 Å². The van der Waals surface area contributed by atoms with E-state index in [-0.39, 0.29) is 24.5 Å². The highest BCUT2D eigenvalue weighted by atomic mass is 79.9. The highest BCUT2D eigenvalue weighted by Crippen LogP contribution is 2.28. The van der Waals surface area contributed by atoms with Crippen LogP contribution in [0.3, 0.4) is 0 Å². The fraction of sp³-hybridized carbons (Fsp3) is 0.364. The lowest BCUT2D eigenvalue weighted by molar-refractivity contribution is -0.142. The van der Waals surface area contributed by atoms with Gasteiger partial charge in [-0.2, -0.15) is 0 Å². The molecule has 0 unspecified atom stereocenters. The van der Waals surface area contributed by atoms with Crippen LogP contribution >= 0.6 is 43.5 Å². The van der Waals surface area contributed by atoms with Gasteiger partial charge in [-0.3, -0.25) is 9.59 Å². The number of rotatable bonds is 9. The number of hydrogen-bond donors (Lipinski definition) is 1. The molecular weight excluding hydrogens is 536 g/mol. The largest absolute Gasteiger partial charge is 0.483 e. The number of hydrogen-bond acceptors (Lipinski definition) is 3. The fourth-order valence-electron chi connectivity index (χ4n) is 2.65. The maximum absolute atomic E-state index is 13.0. The summed E-state index contributed by atoms with van der Waals surface area (Å²) in [4.78, 5) is 27.3. The number of ether oxygens (including phenoxy) is 1. The summed E-state index contributed by atoms with van der Waals surface area (Å²) in [6.45, 7) is 5.77. The minimum Gasteiger partial charge on any atom is -0.483 e. The van der Waals surface area contributed by atoms with E-state index in [1.54, 1.807) is 25.1 Å². The van der Waals surface area contributed by atoms with Crippen LogP contribution in [-0.2, 0) is 16.1 Å². The van der Waals surface area contributed by atoms with E-state index in [1.807, 2.05) is 38.1 Å². The van der Waals surface area contributed by atoms with Crippen molar-refractivity contribution in [2.45, 2.75) is 45.8 Å². The zero-order valence-corrected chi connectivity index (χ0v) is 21.1. The van der Waals surface area contributed by atoms with Gasteiger partial charge in [-0.05, 0) is 72.1 Å². The van der Waals surface area contributed by atoms with E-state index < -0.39 is 6.04 Å². The van der Waals surface area contributed by atoms with Crippen molar-refractivity contribution in [1.29, 1.82) is 0 Å². The first-order chi connectivity index (χ1) is 14.2. The van der Waals surface area contributed by atoms with Gasteiger partial charge in [0.15, 0.2) is 6.61 Å². The van der Waals surface area contributed by atoms with Gasteiger partial charge < -0.3 is 15.0 Å². The summed E-state index contributed by atoms with van der Waals surface area (Å²) in [5, 5.41) is 3.51. The molecule has 0 radical (unpaired) electrons. The van der Waals surface area contributed by atoms with Crippen LogP contribution in [0.25, 0.3) is 0 Å². The van der Waals surface area contributed by atoms with E-state index in [0.717, 1.165) is 16.5 Å². The number of benzene rings is 2. The number of halogens is 3. The molecule has 2 rings (SSSR count). The molecule has 0 bridgehead atoms. The first-order valence-corrected chi connectivity index (χ1v) is 11.6. The molecule has 30 heavy (non-hydrogen) atoms. The second-order valence-electron chi connectivity index (χ2n) is 7.01. The Labute approximate surface area is 199 Å². The van der Waals surface area contributed by atoms with E-state index in [4.69, 9.17) is 16.3 Å². The molecule has 0 aliphatic heterocycles. The Bertz CT molecular complexity index is 877. The van der Waals surface area contributed by atoms with E-state index in [1.165, 1.54) is 4.90 Å². The molecule has 5 nitrogen and oxygen atoms in total. The van der Waals surface area contributed by atoms with Crippen LogP contribution in [0.5, 0.6) is 5.75 Å². The van der Waals surface area contributed by atoms with Crippen LogP contribution < -0.4 is 10.1 Å². The molecule has 2 aromatic rings. The quantitative estimate of drug-likeness (QED) is 0.436. The average Bonchev–Trinajstić information content (AvgIpc) is 2.71. The lowest BCUT2D eigenvalue weighted by atomic mass is 10.1. The third kappa shape index (κ3) is 7.29. The Morgan fingerprint density at radius 1 is 1.13 bits per heavy atom. The second kappa shape index (κ2) is 11.7. The molecule has 0 fully saturated rings. The van der Waals surface area contributed by atoms with Crippen LogP contribution in [0.15, 0.2) is 51.4 Å². The number of nitrogens with one attached hydrogen (secondary N) is 1. The molecule has 0 spiro atoms. The van der Waals surface area contributed by atoms with Crippen molar-refractivity contribution < 1.29 is 14.3 Å². The molecule has 0 heterocycles. The monoisotopic (exact) mass is 558 g/mol. The van der Waals surface area contributed by atoms with Crippen molar-refractivity contribution >= 4 is 55.3 Å². The van der Waals surface area contributed by atoms with Crippen LogP contribution in [0.1, 0.15) is 32.8 Å². The van der Waals surface area contributed by atoms with Crippen LogP contribution in [0, 0.1) is 0 Å². The summed E-state index contributed by atoms with van der Waals surface area (Å²) in [6, 6.07) is 12.1. The fourth-order valence-corrected chi connectivity index (χ4v) is 3.71. The first kappa shape index (κ1) is 24.7. The molecule has 0 saturated heterocycles. The topological polar surface area (TPSA) is 58.6 Å². The van der Waals surface area contributed by atoms with E-state index >= 15 is 0 Å². The molecule has 0 aliphatic carbocycles. The minimum atomic E-state index is -0.646. The van der Waals surface area contributed by atoms with Crippen LogP contribution in [-0.4, -0.2) is 35.4 Å². The Kier molecular flexibility index (Phi) is 9.65. The van der Waals surface area contributed by atoms with Crippen molar-refractivity contribution in [3.8, 4) is 5.75 Å². The Hall–Kier alpha value is -1.57. The van der Waals surface area contributed by atoms with E-state index in [0.29, 0.717) is 21.8 Å². The van der Waals surface area contributed by atoms with Gasteiger partial charge in [-0.1, -0.05) is 46.6 Å². The number of carbonyl (C=O) groups excluding carboxylic acids is 2.